The van der Waals surface area contributed by atoms with Gasteiger partial charge in [0.1, 0.15) is 11.0 Å². The minimum atomic E-state index is -3.38. The molecule has 10 aromatic carbocycles. The Hall–Kier alpha value is -11.9. The number of aromatic amines is 2. The van der Waals surface area contributed by atoms with Gasteiger partial charge in [0.25, 0.3) is 11.4 Å². The van der Waals surface area contributed by atoms with Gasteiger partial charge in [0.05, 0.1) is 110 Å². The van der Waals surface area contributed by atoms with E-state index in [0.29, 0.717) is 73.4 Å². The fraction of sp³-hybridized carbons (Fsp3) is 0.290. The summed E-state index contributed by atoms with van der Waals surface area (Å²) in [5.74, 6) is 0. The predicted octanol–water partition coefficient (Wildman–Crippen LogP) is 27.4. The number of rotatable bonds is 12. The number of aliphatic hydroxyl groups excluding tert-OH is 1. The van der Waals surface area contributed by atoms with Crippen LogP contribution in [0.15, 0.2) is 188 Å². The molecular weight excluding hydrogens is 1950 g/mol. The van der Waals surface area contributed by atoms with Gasteiger partial charge < -0.3 is 56.2 Å². The van der Waals surface area contributed by atoms with Crippen LogP contribution in [-0.2, 0) is 44.0 Å². The van der Waals surface area contributed by atoms with Crippen molar-refractivity contribution in [1.29, 1.82) is 11.1 Å². The molecule has 0 atom stereocenters. The zero-order valence-electron chi connectivity index (χ0n) is 71.2. The standard InChI is InChI=1S/C17H18ClN3O2S.C16H14ClN3O2.C16H16ClN3.C9H9N3O2.C9H10N2.C8H12N2.C7H6BrCl.CH3ClO2S.CH2O3.CH4O.8CH4.ClH.H2N4/c1-11-8-15-17(16(12(11)2)20-24(3,22)23)19-10-21(15)9-13-4-6-14(18)7-5-13;1-10-7-14-15(16(11(10)2)20(21)22)18-9-19(14)8-12-3-5-13(17)6-4-12;1-10-7-14-16(15(18)11(10)2)19-9-20(14)8-12-3-5-13(17)6-4-12;1-5-3-7-8(11-4-10-7)9(6(5)2)12(13)14;1-6-3-8-9(4-7(6)2)11-5-10-8;1-5-3-7(9)8(10)4-6(5)2;8-5-6-1-3-7(9)4-2-6;1-5(2,3)4;2-1(3)4;1-2;;;;;;;;;;1-3-4-2/h4-8,10,20H,9H2,1-3H3;3-7,9H,8H2,1-2H3;3-7,9H,8,18H2,1-2H3;3-4H,1-2H3,(H,10,11);3-5H,1-2H3,(H,10,11);3-4H,9-10H2,1-2H3;1-4H,5H2;1H3;(H2,2,3,4);2H,1H3;8*1H4;1H;1-2H. The van der Waals surface area contributed by atoms with Gasteiger partial charge in [0.15, 0.2) is 11.0 Å². The second-order valence-electron chi connectivity index (χ2n) is 27.9. The van der Waals surface area contributed by atoms with Crippen molar-refractivity contribution in [2.45, 2.75) is 167 Å². The maximum absolute atomic E-state index is 11.7. The monoisotopic (exact) mass is 2070 g/mol. The van der Waals surface area contributed by atoms with Crippen LogP contribution in [0, 0.1) is 114 Å². The molecule has 0 fully saturated rings. The molecule has 0 aliphatic rings. The lowest BCUT2D eigenvalue weighted by atomic mass is 10.1. The Morgan fingerprint density at radius 1 is 0.455 bits per heavy atom. The van der Waals surface area contributed by atoms with Crippen molar-refractivity contribution in [3.05, 3.63) is 307 Å². The number of H-pyrrole nitrogens is 2. The number of hydrogen-bond acceptors (Lipinski definition) is 20. The number of nitro groups is 2. The Morgan fingerprint density at radius 3 is 1.11 bits per heavy atom. The van der Waals surface area contributed by atoms with E-state index in [0.717, 1.165) is 119 Å². The molecule has 734 valence electrons. The number of nitrogens with one attached hydrogen (secondary N) is 5. The Labute approximate surface area is 826 Å². The minimum absolute atomic E-state index is 0. The molecule has 0 saturated carbocycles. The highest BCUT2D eigenvalue weighted by molar-refractivity contribution is 9.08. The molecule has 15 rings (SSSR count). The van der Waals surface area contributed by atoms with E-state index in [9.17, 15) is 37.1 Å². The molecule has 0 spiro atoms. The molecule has 32 nitrogen and oxygen atoms in total. The van der Waals surface area contributed by atoms with Crippen LogP contribution in [-0.4, -0.2) is 116 Å². The van der Waals surface area contributed by atoms with Gasteiger partial charge in [-0.25, -0.2) is 46.6 Å². The van der Waals surface area contributed by atoms with Crippen molar-refractivity contribution in [3.63, 3.8) is 0 Å². The Balaban J connectivity index is -0.000000475. The summed E-state index contributed by atoms with van der Waals surface area (Å²) >= 11 is 26.7. The van der Waals surface area contributed by atoms with Crippen LogP contribution in [0.5, 0.6) is 0 Å². The first kappa shape index (κ1) is 131. The predicted molar refractivity (Wildman–Crippen MR) is 566 cm³/mol. The number of aliphatic hydroxyl groups is 1. The Bertz CT molecular complexity index is 6400. The first-order valence-electron chi connectivity index (χ1n) is 37.1. The van der Waals surface area contributed by atoms with E-state index in [2.05, 4.69) is 120 Å². The number of sulfonamides is 1. The third-order valence-electron chi connectivity index (χ3n) is 18.8. The maximum atomic E-state index is 11.7. The van der Waals surface area contributed by atoms with Crippen LogP contribution >= 0.6 is 85.4 Å². The number of hydrogen-bond donors (Lipinski definition) is 11. The van der Waals surface area contributed by atoms with E-state index in [-0.39, 0.29) is 93.0 Å². The summed E-state index contributed by atoms with van der Waals surface area (Å²) < 4.78 is 50.8. The van der Waals surface area contributed by atoms with Crippen LogP contribution < -0.4 is 21.9 Å². The number of nitrogens with two attached hydrogens (primary N) is 3. The molecule has 15 aromatic rings. The second kappa shape index (κ2) is 61.1. The van der Waals surface area contributed by atoms with Crippen molar-refractivity contribution in [2.24, 2.45) is 10.4 Å². The van der Waals surface area contributed by atoms with E-state index < -0.39 is 25.2 Å². The summed E-state index contributed by atoms with van der Waals surface area (Å²) in [6.07, 6.45) is 8.64. The number of carboxylic acid groups (broad SMARTS) is 2. The van der Waals surface area contributed by atoms with Crippen molar-refractivity contribution in [2.75, 3.05) is 41.5 Å². The van der Waals surface area contributed by atoms with Crippen LogP contribution in [0.25, 0.3) is 55.2 Å². The van der Waals surface area contributed by atoms with Crippen molar-refractivity contribution < 1.29 is 46.8 Å². The molecular formula is C93H129BrCl6N20O12S2. The molecule has 0 saturated heterocycles. The number of nitrogens with zero attached hydrogens (tertiary/aromatic N) is 12. The fourth-order valence-electron chi connectivity index (χ4n) is 11.7. The van der Waals surface area contributed by atoms with Gasteiger partial charge in [-0.15, -0.1) is 12.4 Å². The van der Waals surface area contributed by atoms with Crippen LogP contribution in [0.1, 0.15) is 148 Å². The van der Waals surface area contributed by atoms with Crippen molar-refractivity contribution in [1.82, 2.24) is 48.6 Å². The smallest absolute Gasteiger partial charge is 0.450 e. The molecule has 0 aliphatic carbocycles. The van der Waals surface area contributed by atoms with Gasteiger partial charge in [-0.1, -0.05) is 170 Å². The molecule has 0 unspecified atom stereocenters. The third-order valence-corrected chi connectivity index (χ3v) is 21.1. The molecule has 134 heavy (non-hydrogen) atoms. The lowest BCUT2D eigenvalue weighted by Crippen LogP contribution is -2.11. The van der Waals surface area contributed by atoms with E-state index in [1.165, 1.54) is 45.3 Å². The highest BCUT2D eigenvalue weighted by Crippen LogP contribution is 2.35. The molecule has 0 radical (unpaired) electrons. The number of nitrogen functional groups attached to an aromatic ring is 3. The van der Waals surface area contributed by atoms with Gasteiger partial charge in [-0.3, -0.25) is 25.0 Å². The molecule has 5 aromatic heterocycles. The highest BCUT2D eigenvalue weighted by atomic mass is 79.9. The van der Waals surface area contributed by atoms with E-state index >= 15 is 0 Å². The first-order valence-corrected chi connectivity index (χ1v) is 44.3. The van der Waals surface area contributed by atoms with Crippen molar-refractivity contribution >= 4 is 200 Å². The van der Waals surface area contributed by atoms with Crippen LogP contribution in [0.4, 0.5) is 38.9 Å². The minimum Gasteiger partial charge on any atom is -0.450 e. The zero-order chi connectivity index (χ0) is 93.7. The lowest BCUT2D eigenvalue weighted by molar-refractivity contribution is -0.383. The summed E-state index contributed by atoms with van der Waals surface area (Å²) in [5, 5.41) is 51.5. The molecule has 0 amide bonds. The second-order valence-corrected chi connectivity index (χ2v) is 35.0. The van der Waals surface area contributed by atoms with Gasteiger partial charge in [0.2, 0.25) is 19.1 Å². The number of aryl methyl sites for hydroxylation is 8. The van der Waals surface area contributed by atoms with Crippen LogP contribution in [0.2, 0.25) is 20.1 Å². The van der Waals surface area contributed by atoms with Crippen molar-refractivity contribution in [3.8, 4) is 0 Å². The molecule has 41 heteroatoms. The maximum Gasteiger partial charge on any atom is 0.503 e. The SMILES string of the molecule is C.C.C.C.C.C.C.C.CO.CS(=O)(=O)Cl.Cc1cc(N)c(N)cc1C.Cc1cc2[nH]cnc2c([N+](=O)[O-])c1C.Cc1cc2c(ncn2Cc2ccc(Cl)cc2)c(N)c1C.Cc1cc2c(ncn2Cc2ccc(Cl)cc2)c(NS(C)(=O)=O)c1C.Cc1cc2c(ncn2Cc2ccc(Cl)cc2)c([N+](=O)[O-])c1C.Cc1cc2nc[nH]c2cc1C.Cl.Clc1ccc(CBr)cc1.N=NN=N.O=C(O)O. The van der Waals surface area contributed by atoms with E-state index in [1.807, 2.05) is 191 Å². The quantitative estimate of drug-likeness (QED) is 0.0135. The number of aromatic nitrogens is 10. The number of nitro benzene ring substituents is 2. The summed E-state index contributed by atoms with van der Waals surface area (Å²) in [6, 6.07) is 46.8. The number of anilines is 4. The Kier molecular flexibility index (Phi) is 59.5. The summed E-state index contributed by atoms with van der Waals surface area (Å²) in [4.78, 5) is 57.2. The number of halogens is 7. The number of imidazole rings is 5. The summed E-state index contributed by atoms with van der Waals surface area (Å²) in [6.45, 7) is 25.4. The average molecular weight is 2080 g/mol. The van der Waals surface area contributed by atoms with Gasteiger partial charge in [0, 0.05) is 74.0 Å². The first-order chi connectivity index (χ1) is 58.7. The highest BCUT2D eigenvalue weighted by Gasteiger charge is 2.23. The molecule has 0 bridgehead atoms. The normalized spacial score (nSPS) is 9.78. The van der Waals surface area contributed by atoms with Crippen LogP contribution in [0.3, 0.4) is 0 Å². The topological polar surface area (TPSA) is 506 Å². The largest absolute Gasteiger partial charge is 0.503 e. The van der Waals surface area contributed by atoms with Gasteiger partial charge >= 0.3 is 6.16 Å². The lowest BCUT2D eigenvalue weighted by Gasteiger charge is -2.12. The number of benzene rings is 10. The van der Waals surface area contributed by atoms with Gasteiger partial charge in [-0.2, -0.15) is 11.1 Å². The number of fused-ring (bicyclic) bond motifs is 5. The average Bonchev–Trinajstić information content (AvgIpc) is 1.62. The number of carbonyl (C=O) groups is 1. The number of alkyl halides is 1. The van der Waals surface area contributed by atoms with E-state index in [1.54, 1.807) is 32.8 Å². The van der Waals surface area contributed by atoms with Gasteiger partial charge in [-0.05, 0) is 268 Å². The molecule has 14 N–H and O–H groups in total. The molecule has 5 heterocycles. The Morgan fingerprint density at radius 2 is 0.746 bits per heavy atom. The fourth-order valence-corrected chi connectivity index (χ4v) is 13.2. The summed E-state index contributed by atoms with van der Waals surface area (Å²) in [7, 11) is -1.07. The zero-order valence-corrected chi connectivity index (χ0v) is 79.0. The molecule has 0 aliphatic heterocycles. The van der Waals surface area contributed by atoms with E-state index in [4.69, 9.17) is 94.8 Å². The summed E-state index contributed by atoms with van der Waals surface area (Å²) in [5.41, 5.74) is 56.4. The third kappa shape index (κ3) is 39.7.